The molecule has 8 heteroatoms. The van der Waals surface area contributed by atoms with Gasteiger partial charge in [0.05, 0.1) is 5.69 Å². The standard InChI is InChI=1S/C25H18BrClN2O4/c1-15-12-19(8-11-22(15)26)29-24(31)21(23(30)28-25(29)32)13-16-4-9-20(10-5-16)33-14-17-2-6-18(27)7-3-17/h2-13H,14H2,1H3,(H,28,30,32)/b21-13+. The number of carbonyl (C=O) groups is 3. The number of barbiturate groups is 1. The van der Waals surface area contributed by atoms with Crippen LogP contribution in [0.25, 0.3) is 6.08 Å². The Morgan fingerprint density at radius 2 is 1.70 bits per heavy atom. The zero-order valence-electron chi connectivity index (χ0n) is 17.5. The van der Waals surface area contributed by atoms with Gasteiger partial charge >= 0.3 is 6.03 Å². The summed E-state index contributed by atoms with van der Waals surface area (Å²) in [5, 5.41) is 2.89. The molecule has 33 heavy (non-hydrogen) atoms. The predicted octanol–water partition coefficient (Wildman–Crippen LogP) is 5.66. The number of amides is 4. The number of hydrogen-bond acceptors (Lipinski definition) is 4. The summed E-state index contributed by atoms with van der Waals surface area (Å²) in [6.45, 7) is 2.22. The number of benzene rings is 3. The summed E-state index contributed by atoms with van der Waals surface area (Å²) in [6.07, 6.45) is 1.45. The van der Waals surface area contributed by atoms with Crippen molar-refractivity contribution >= 4 is 57.1 Å². The molecule has 1 N–H and O–H groups in total. The van der Waals surface area contributed by atoms with E-state index >= 15 is 0 Å². The third kappa shape index (κ3) is 5.16. The number of hydrogen-bond donors (Lipinski definition) is 1. The number of nitrogens with one attached hydrogen (secondary N) is 1. The second-order valence-corrected chi connectivity index (χ2v) is 8.67. The zero-order valence-corrected chi connectivity index (χ0v) is 19.8. The first kappa shape index (κ1) is 22.8. The van der Waals surface area contributed by atoms with Gasteiger partial charge in [-0.15, -0.1) is 0 Å². The maximum Gasteiger partial charge on any atom is 0.335 e. The third-order valence-corrected chi connectivity index (χ3v) is 6.15. The van der Waals surface area contributed by atoms with Gasteiger partial charge in [0, 0.05) is 9.50 Å². The normalized spacial score (nSPS) is 15.1. The lowest BCUT2D eigenvalue weighted by molar-refractivity contribution is -0.122. The maximum atomic E-state index is 13.0. The second kappa shape index (κ2) is 9.60. The minimum Gasteiger partial charge on any atom is -0.489 e. The molecule has 0 atom stereocenters. The molecule has 1 saturated heterocycles. The Labute approximate surface area is 203 Å². The van der Waals surface area contributed by atoms with Crippen LogP contribution in [0.4, 0.5) is 10.5 Å². The molecule has 3 aromatic rings. The van der Waals surface area contributed by atoms with E-state index in [-0.39, 0.29) is 5.57 Å². The molecule has 6 nitrogen and oxygen atoms in total. The summed E-state index contributed by atoms with van der Waals surface area (Å²) >= 11 is 9.29. The molecule has 0 saturated carbocycles. The second-order valence-electron chi connectivity index (χ2n) is 7.38. The third-order valence-electron chi connectivity index (χ3n) is 5.01. The molecule has 0 aromatic heterocycles. The highest BCUT2D eigenvalue weighted by atomic mass is 79.9. The fraction of sp³-hybridized carbons (Fsp3) is 0.0800. The van der Waals surface area contributed by atoms with Crippen LogP contribution < -0.4 is 15.0 Å². The van der Waals surface area contributed by atoms with E-state index in [4.69, 9.17) is 16.3 Å². The Balaban J connectivity index is 1.52. The van der Waals surface area contributed by atoms with Gasteiger partial charge < -0.3 is 4.74 Å². The van der Waals surface area contributed by atoms with E-state index in [2.05, 4.69) is 21.2 Å². The van der Waals surface area contributed by atoms with Crippen LogP contribution in [0.2, 0.25) is 5.02 Å². The number of rotatable bonds is 5. The summed E-state index contributed by atoms with van der Waals surface area (Å²) in [4.78, 5) is 38.7. The van der Waals surface area contributed by atoms with E-state index < -0.39 is 17.8 Å². The van der Waals surface area contributed by atoms with Gasteiger partial charge in [0.1, 0.15) is 17.9 Å². The molecule has 4 amide bonds. The van der Waals surface area contributed by atoms with Crippen LogP contribution in [0.15, 0.2) is 76.8 Å². The van der Waals surface area contributed by atoms with E-state index in [1.165, 1.54) is 6.08 Å². The lowest BCUT2D eigenvalue weighted by atomic mass is 10.1. The van der Waals surface area contributed by atoms with Crippen molar-refractivity contribution in [1.29, 1.82) is 0 Å². The van der Waals surface area contributed by atoms with Crippen molar-refractivity contribution in [3.8, 4) is 5.75 Å². The summed E-state index contributed by atoms with van der Waals surface area (Å²) in [5.74, 6) is -0.791. The lowest BCUT2D eigenvalue weighted by Gasteiger charge is -2.26. The van der Waals surface area contributed by atoms with Gasteiger partial charge in [-0.05, 0) is 72.2 Å². The number of aryl methyl sites for hydroxylation is 1. The molecule has 1 fully saturated rings. The van der Waals surface area contributed by atoms with Crippen molar-refractivity contribution in [2.24, 2.45) is 0 Å². The lowest BCUT2D eigenvalue weighted by Crippen LogP contribution is -2.54. The average Bonchev–Trinajstić information content (AvgIpc) is 2.79. The van der Waals surface area contributed by atoms with E-state index in [1.807, 2.05) is 19.1 Å². The van der Waals surface area contributed by atoms with Gasteiger partial charge in [-0.1, -0.05) is 51.8 Å². The summed E-state index contributed by atoms with van der Waals surface area (Å²) in [6, 6.07) is 18.6. The van der Waals surface area contributed by atoms with Gasteiger partial charge in [-0.25, -0.2) is 9.69 Å². The molecule has 3 aromatic carbocycles. The van der Waals surface area contributed by atoms with E-state index in [0.717, 1.165) is 20.5 Å². The molecule has 1 heterocycles. The first-order valence-electron chi connectivity index (χ1n) is 9.97. The Bertz CT molecular complexity index is 1270. The van der Waals surface area contributed by atoms with Crippen molar-refractivity contribution < 1.29 is 19.1 Å². The van der Waals surface area contributed by atoms with Crippen molar-refractivity contribution in [3.63, 3.8) is 0 Å². The van der Waals surface area contributed by atoms with Crippen LogP contribution in [0.5, 0.6) is 5.75 Å². The van der Waals surface area contributed by atoms with Crippen LogP contribution in [0, 0.1) is 6.92 Å². The molecule has 0 spiro atoms. The molecule has 0 radical (unpaired) electrons. The van der Waals surface area contributed by atoms with Crippen LogP contribution in [-0.4, -0.2) is 17.8 Å². The highest BCUT2D eigenvalue weighted by Crippen LogP contribution is 2.26. The van der Waals surface area contributed by atoms with E-state index in [1.54, 1.807) is 54.6 Å². The molecule has 1 aliphatic heterocycles. The summed E-state index contributed by atoms with van der Waals surface area (Å²) < 4.78 is 6.61. The van der Waals surface area contributed by atoms with Gasteiger partial charge in [0.25, 0.3) is 11.8 Å². The minimum absolute atomic E-state index is 0.134. The quantitative estimate of drug-likeness (QED) is 0.345. The number of nitrogens with zero attached hydrogens (tertiary/aromatic N) is 1. The summed E-state index contributed by atoms with van der Waals surface area (Å²) in [5.41, 5.74) is 2.69. The maximum absolute atomic E-state index is 13.0. The van der Waals surface area contributed by atoms with Crippen molar-refractivity contribution in [1.82, 2.24) is 5.32 Å². The van der Waals surface area contributed by atoms with Gasteiger partial charge in [0.2, 0.25) is 0 Å². The first-order chi connectivity index (χ1) is 15.8. The number of urea groups is 1. The zero-order chi connectivity index (χ0) is 23.5. The predicted molar refractivity (Wildman–Crippen MR) is 130 cm³/mol. The molecule has 0 unspecified atom stereocenters. The molecular formula is C25H18BrClN2O4. The van der Waals surface area contributed by atoms with Crippen LogP contribution in [0.1, 0.15) is 16.7 Å². The highest BCUT2D eigenvalue weighted by Gasteiger charge is 2.36. The Kier molecular flexibility index (Phi) is 6.62. The van der Waals surface area contributed by atoms with Crippen LogP contribution >= 0.6 is 27.5 Å². The number of carbonyl (C=O) groups excluding carboxylic acids is 3. The monoisotopic (exact) mass is 524 g/mol. The highest BCUT2D eigenvalue weighted by molar-refractivity contribution is 9.10. The number of ether oxygens (including phenoxy) is 1. The Hall–Kier alpha value is -3.42. The fourth-order valence-corrected chi connectivity index (χ4v) is 3.61. The molecule has 166 valence electrons. The number of halogens is 2. The number of imide groups is 2. The van der Waals surface area contributed by atoms with Crippen molar-refractivity contribution in [2.75, 3.05) is 4.90 Å². The van der Waals surface area contributed by atoms with Crippen LogP contribution in [-0.2, 0) is 16.2 Å². The van der Waals surface area contributed by atoms with Gasteiger partial charge in [-0.2, -0.15) is 0 Å². The SMILES string of the molecule is Cc1cc(N2C(=O)NC(=O)/C(=C\c3ccc(OCc4ccc(Cl)cc4)cc3)C2=O)ccc1Br. The topological polar surface area (TPSA) is 75.7 Å². The molecule has 0 bridgehead atoms. The largest absolute Gasteiger partial charge is 0.489 e. The summed E-state index contributed by atoms with van der Waals surface area (Å²) in [7, 11) is 0. The minimum atomic E-state index is -0.783. The average molecular weight is 526 g/mol. The van der Waals surface area contributed by atoms with Crippen LogP contribution in [0.3, 0.4) is 0 Å². The Morgan fingerprint density at radius 3 is 2.36 bits per heavy atom. The van der Waals surface area contributed by atoms with Crippen molar-refractivity contribution in [2.45, 2.75) is 13.5 Å². The first-order valence-corrected chi connectivity index (χ1v) is 11.1. The van der Waals surface area contributed by atoms with E-state index in [0.29, 0.717) is 28.6 Å². The van der Waals surface area contributed by atoms with Gasteiger partial charge in [0.15, 0.2) is 0 Å². The molecular weight excluding hydrogens is 508 g/mol. The fourth-order valence-electron chi connectivity index (χ4n) is 3.23. The van der Waals surface area contributed by atoms with Crippen molar-refractivity contribution in [3.05, 3.63) is 98.5 Å². The molecule has 0 aliphatic carbocycles. The smallest absolute Gasteiger partial charge is 0.335 e. The Morgan fingerprint density at radius 1 is 1.00 bits per heavy atom. The molecule has 1 aliphatic rings. The van der Waals surface area contributed by atoms with Gasteiger partial charge in [-0.3, -0.25) is 14.9 Å². The van der Waals surface area contributed by atoms with E-state index in [9.17, 15) is 14.4 Å². The number of anilines is 1. The molecule has 4 rings (SSSR count).